The molecule has 0 radical (unpaired) electrons. The van der Waals surface area contributed by atoms with Crippen LogP contribution in [-0.4, -0.2) is 9.97 Å². The van der Waals surface area contributed by atoms with Crippen molar-refractivity contribution < 1.29 is 4.11 Å². The first-order valence-corrected chi connectivity index (χ1v) is 3.48. The molecule has 0 saturated heterocycles. The summed E-state index contributed by atoms with van der Waals surface area (Å²) >= 11 is 0. The highest BCUT2D eigenvalue weighted by Crippen LogP contribution is 2.05. The van der Waals surface area contributed by atoms with Crippen molar-refractivity contribution in [3.8, 4) is 0 Å². The van der Waals surface area contributed by atoms with E-state index in [4.69, 9.17) is 4.11 Å². The van der Waals surface area contributed by atoms with Crippen LogP contribution in [0.15, 0.2) is 12.8 Å². The van der Waals surface area contributed by atoms with E-state index in [0.717, 1.165) is 0 Å². The summed E-state index contributed by atoms with van der Waals surface area (Å²) < 4.78 is 21.5. The Kier molecular flexibility index (Phi) is 1.39. The van der Waals surface area contributed by atoms with Gasteiger partial charge in [-0.3, -0.25) is 9.97 Å². The Morgan fingerprint density at radius 2 is 2.64 bits per heavy atom. The molecule has 1 rings (SSSR count). The molecule has 0 aromatic carbocycles. The third kappa shape index (κ3) is 1.64. The lowest BCUT2D eigenvalue weighted by molar-refractivity contribution is 0.958. The van der Waals surface area contributed by atoms with E-state index in [0.29, 0.717) is 17.8 Å². The summed E-state index contributed by atoms with van der Waals surface area (Å²) in [6, 6.07) is 0. The van der Waals surface area contributed by atoms with Crippen LogP contribution in [-0.2, 0) is 6.42 Å². The van der Waals surface area contributed by atoms with Crippen LogP contribution in [0.2, 0.25) is 0 Å². The van der Waals surface area contributed by atoms with Crippen LogP contribution >= 0.6 is 0 Å². The molecule has 1 aromatic heterocycles. The van der Waals surface area contributed by atoms with Gasteiger partial charge in [-0.2, -0.15) is 0 Å². The van der Waals surface area contributed by atoms with Gasteiger partial charge in [-0.05, 0) is 19.3 Å². The number of hydrogen-bond acceptors (Lipinski definition) is 2. The Labute approximate surface area is 71.2 Å². The van der Waals surface area contributed by atoms with Crippen molar-refractivity contribution in [2.24, 2.45) is 0 Å². The fourth-order valence-electron chi connectivity index (χ4n) is 0.867. The molecule has 0 aliphatic carbocycles. The van der Waals surface area contributed by atoms with Gasteiger partial charge in [0.2, 0.25) is 0 Å². The van der Waals surface area contributed by atoms with Crippen LogP contribution in [0.4, 0.5) is 0 Å². The van der Waals surface area contributed by atoms with Crippen LogP contribution in [0.25, 0.3) is 6.08 Å². The summed E-state index contributed by atoms with van der Waals surface area (Å²) in [4.78, 5) is 8.03. The molecule has 0 saturated carbocycles. The zero-order valence-electron chi connectivity index (χ0n) is 9.46. The highest BCUT2D eigenvalue weighted by molar-refractivity contribution is 5.44. The van der Waals surface area contributed by atoms with Crippen LogP contribution < -0.4 is 0 Å². The third-order valence-corrected chi connectivity index (χ3v) is 1.41. The largest absolute Gasteiger partial charge is 0.254 e. The smallest absolute Gasteiger partial charge is 0.0839 e. The van der Waals surface area contributed by atoms with Gasteiger partial charge in [-0.25, -0.2) is 0 Å². The Hall–Kier alpha value is -1.18. The molecule has 58 valence electrons. The van der Waals surface area contributed by atoms with Crippen molar-refractivity contribution in [1.29, 1.82) is 0 Å². The van der Waals surface area contributed by atoms with Gasteiger partial charge in [0.15, 0.2) is 0 Å². The summed E-state index contributed by atoms with van der Waals surface area (Å²) in [5, 5.41) is 0. The zero-order valence-corrected chi connectivity index (χ0v) is 6.46. The lowest BCUT2D eigenvalue weighted by Crippen LogP contribution is -1.96. The first-order valence-electron chi connectivity index (χ1n) is 4.98. The second kappa shape index (κ2) is 3.28. The molecule has 1 heterocycles. The highest BCUT2D eigenvalue weighted by Gasteiger charge is 1.98. The topological polar surface area (TPSA) is 25.8 Å². The van der Waals surface area contributed by atoms with E-state index < -0.39 is 6.85 Å². The predicted molar refractivity (Wildman–Crippen MR) is 46.2 cm³/mol. The van der Waals surface area contributed by atoms with E-state index in [1.54, 1.807) is 6.08 Å². The monoisotopic (exact) mass is 151 g/mol. The molecule has 11 heavy (non-hydrogen) atoms. The fourth-order valence-corrected chi connectivity index (χ4v) is 0.867. The molecule has 1 aromatic rings. The first kappa shape index (κ1) is 4.65. The van der Waals surface area contributed by atoms with Gasteiger partial charge < -0.3 is 0 Å². The maximum absolute atomic E-state index is 7.18. The SMILES string of the molecule is [2H]C([2H])([2H])c1cnc(C=C)c(CC)n1. The minimum Gasteiger partial charge on any atom is -0.254 e. The van der Waals surface area contributed by atoms with Crippen LogP contribution in [0.5, 0.6) is 0 Å². The highest BCUT2D eigenvalue weighted by atomic mass is 14.8. The van der Waals surface area contributed by atoms with Gasteiger partial charge in [0.1, 0.15) is 0 Å². The summed E-state index contributed by atoms with van der Waals surface area (Å²) in [5.41, 5.74) is 1.37. The molecule has 0 aliphatic heterocycles. The van der Waals surface area contributed by atoms with E-state index in [-0.39, 0.29) is 5.69 Å². The summed E-state index contributed by atoms with van der Waals surface area (Å²) in [7, 11) is 0. The third-order valence-electron chi connectivity index (χ3n) is 1.41. The standard InChI is InChI=1S/C9H12N2/c1-4-8-9(5-2)11-7(3)6-10-8/h4,6H,1,5H2,2-3H3/i3D3. The van der Waals surface area contributed by atoms with Crippen LogP contribution in [0, 0.1) is 6.85 Å². The van der Waals surface area contributed by atoms with Gasteiger partial charge in [0.05, 0.1) is 17.1 Å². The van der Waals surface area contributed by atoms with Gasteiger partial charge in [0.25, 0.3) is 0 Å². The molecular weight excluding hydrogens is 136 g/mol. The second-order valence-electron chi connectivity index (χ2n) is 2.14. The maximum atomic E-state index is 7.18. The lowest BCUT2D eigenvalue weighted by Gasteiger charge is -2.00. The molecule has 0 amide bonds. The Bertz CT molecular complexity index is 344. The van der Waals surface area contributed by atoms with Crippen molar-refractivity contribution in [3.05, 3.63) is 29.9 Å². The fraction of sp³-hybridized carbons (Fsp3) is 0.333. The van der Waals surface area contributed by atoms with Crippen LogP contribution in [0.3, 0.4) is 0 Å². The van der Waals surface area contributed by atoms with Gasteiger partial charge in [-0.1, -0.05) is 13.5 Å². The van der Waals surface area contributed by atoms with Crippen molar-refractivity contribution in [1.82, 2.24) is 9.97 Å². The van der Waals surface area contributed by atoms with Gasteiger partial charge in [0, 0.05) is 10.3 Å². The molecule has 0 spiro atoms. The molecule has 2 heteroatoms. The number of nitrogens with zero attached hydrogens (tertiary/aromatic N) is 2. The zero-order chi connectivity index (χ0) is 10.8. The number of hydrogen-bond donors (Lipinski definition) is 0. The Balaban J connectivity index is 3.21. The predicted octanol–water partition coefficient (Wildman–Crippen LogP) is 1.99. The van der Waals surface area contributed by atoms with Crippen molar-refractivity contribution in [2.75, 3.05) is 0 Å². The van der Waals surface area contributed by atoms with E-state index in [2.05, 4.69) is 16.5 Å². The maximum Gasteiger partial charge on any atom is 0.0839 e. The van der Waals surface area contributed by atoms with Gasteiger partial charge >= 0.3 is 0 Å². The molecule has 0 aliphatic rings. The van der Waals surface area contributed by atoms with Gasteiger partial charge in [-0.15, -0.1) is 0 Å². The van der Waals surface area contributed by atoms with Crippen LogP contribution in [0.1, 0.15) is 28.1 Å². The minimum absolute atomic E-state index is 0.0416. The lowest BCUT2D eigenvalue weighted by atomic mass is 10.2. The molecule has 0 fully saturated rings. The first-order chi connectivity index (χ1) is 6.49. The van der Waals surface area contributed by atoms with E-state index in [1.807, 2.05) is 6.92 Å². The normalized spacial score (nSPS) is 14.8. The van der Waals surface area contributed by atoms with Crippen molar-refractivity contribution >= 4 is 6.08 Å². The summed E-state index contributed by atoms with van der Waals surface area (Å²) in [6.07, 6.45) is 3.51. The van der Waals surface area contributed by atoms with E-state index in [9.17, 15) is 0 Å². The molecular formula is C9H12N2. The number of aromatic nitrogens is 2. The molecule has 0 unspecified atom stereocenters. The molecule has 0 N–H and O–H groups in total. The molecule has 0 bridgehead atoms. The number of rotatable bonds is 2. The Morgan fingerprint density at radius 3 is 3.18 bits per heavy atom. The van der Waals surface area contributed by atoms with Crippen molar-refractivity contribution in [3.63, 3.8) is 0 Å². The summed E-state index contributed by atoms with van der Waals surface area (Å²) in [5.74, 6) is 0. The van der Waals surface area contributed by atoms with E-state index >= 15 is 0 Å². The quantitative estimate of drug-likeness (QED) is 0.646. The van der Waals surface area contributed by atoms with Crippen molar-refractivity contribution in [2.45, 2.75) is 20.2 Å². The second-order valence-corrected chi connectivity index (χ2v) is 2.14. The van der Waals surface area contributed by atoms with E-state index in [1.165, 1.54) is 6.20 Å². The molecule has 2 nitrogen and oxygen atoms in total. The summed E-state index contributed by atoms with van der Waals surface area (Å²) in [6.45, 7) is 3.31. The average molecular weight is 151 g/mol. The Morgan fingerprint density at radius 1 is 1.82 bits per heavy atom. The minimum atomic E-state index is -2.18. The average Bonchev–Trinajstić information content (AvgIpc) is 2.15. The number of aryl methyl sites for hydroxylation is 2. The molecule has 0 atom stereocenters.